The largest absolute Gasteiger partial charge is 0.336 e. The molecule has 1 aliphatic heterocycles. The van der Waals surface area contributed by atoms with Crippen molar-refractivity contribution in [2.24, 2.45) is 0 Å². The number of carbonyl (C=O) groups excluding carboxylic acids is 2. The molecule has 3 aromatic rings. The summed E-state index contributed by atoms with van der Waals surface area (Å²) in [5.41, 5.74) is 1.18. The Kier molecular flexibility index (Phi) is 4.58. The molecule has 2 aromatic heterocycles. The maximum atomic E-state index is 13.1. The Bertz CT molecular complexity index is 991. The van der Waals surface area contributed by atoms with Crippen LogP contribution in [0.5, 0.6) is 0 Å². The molecule has 27 heavy (non-hydrogen) atoms. The van der Waals surface area contributed by atoms with E-state index in [-0.39, 0.29) is 23.2 Å². The highest BCUT2D eigenvalue weighted by Gasteiger charge is 2.26. The van der Waals surface area contributed by atoms with Gasteiger partial charge in [0.25, 0.3) is 11.8 Å². The van der Waals surface area contributed by atoms with Gasteiger partial charge < -0.3 is 10.2 Å². The molecule has 1 saturated heterocycles. The number of hydrogen-bond donors (Lipinski definition) is 1. The topological polar surface area (TPSA) is 66.7 Å². The summed E-state index contributed by atoms with van der Waals surface area (Å²) in [4.78, 5) is 31.8. The lowest BCUT2D eigenvalue weighted by Gasteiger charge is -2.25. The van der Waals surface area contributed by atoms with Crippen LogP contribution in [0.15, 0.2) is 48.7 Å². The van der Waals surface area contributed by atoms with Gasteiger partial charge in [0.05, 0.1) is 5.52 Å². The minimum absolute atomic E-state index is 0.167. The Morgan fingerprint density at radius 1 is 1.00 bits per heavy atom. The van der Waals surface area contributed by atoms with E-state index < -0.39 is 5.91 Å². The molecule has 3 heterocycles. The van der Waals surface area contributed by atoms with Gasteiger partial charge in [-0.2, -0.15) is 0 Å². The second-order valence-electron chi connectivity index (χ2n) is 6.55. The molecule has 1 aliphatic rings. The van der Waals surface area contributed by atoms with Crippen LogP contribution in [0.2, 0.25) is 0 Å². The summed E-state index contributed by atoms with van der Waals surface area (Å²) in [6.07, 6.45) is 4.81. The molecule has 2 amide bonds. The first kappa shape index (κ1) is 17.2. The minimum atomic E-state index is -0.442. The molecule has 1 fully saturated rings. The fourth-order valence-corrected chi connectivity index (χ4v) is 3.32. The van der Waals surface area contributed by atoms with Gasteiger partial charge in [-0.15, -0.1) is 0 Å². The number of hydrogen-bond acceptors (Lipinski definition) is 3. The van der Waals surface area contributed by atoms with Crippen molar-refractivity contribution in [2.45, 2.75) is 19.3 Å². The van der Waals surface area contributed by atoms with Crippen molar-refractivity contribution in [1.82, 2.24) is 14.3 Å². The van der Waals surface area contributed by atoms with Gasteiger partial charge in [-0.3, -0.25) is 14.0 Å². The number of nitrogens with zero attached hydrogens (tertiary/aromatic N) is 3. The van der Waals surface area contributed by atoms with E-state index in [1.54, 1.807) is 33.7 Å². The molecule has 0 atom stereocenters. The van der Waals surface area contributed by atoms with Crippen LogP contribution >= 0.6 is 0 Å². The van der Waals surface area contributed by atoms with E-state index >= 15 is 0 Å². The maximum Gasteiger partial charge on any atom is 0.290 e. The number of fused-ring (bicyclic) bond motifs is 1. The molecule has 0 bridgehead atoms. The van der Waals surface area contributed by atoms with Crippen LogP contribution in [0.25, 0.3) is 5.52 Å². The van der Waals surface area contributed by atoms with Gasteiger partial charge in [0, 0.05) is 25.0 Å². The third kappa shape index (κ3) is 3.40. The zero-order valence-electron chi connectivity index (χ0n) is 14.7. The quantitative estimate of drug-likeness (QED) is 0.773. The van der Waals surface area contributed by atoms with Gasteiger partial charge in [-0.25, -0.2) is 9.37 Å². The number of rotatable bonds is 3. The summed E-state index contributed by atoms with van der Waals surface area (Å²) < 4.78 is 14.7. The van der Waals surface area contributed by atoms with Crippen molar-refractivity contribution in [3.63, 3.8) is 0 Å². The predicted molar refractivity (Wildman–Crippen MR) is 99.3 cm³/mol. The summed E-state index contributed by atoms with van der Waals surface area (Å²) >= 11 is 0. The van der Waals surface area contributed by atoms with Gasteiger partial charge in [-0.1, -0.05) is 6.07 Å². The number of nitrogens with one attached hydrogen (secondary N) is 1. The Hall–Kier alpha value is -3.22. The number of benzene rings is 1. The highest BCUT2D eigenvalue weighted by molar-refractivity contribution is 6.08. The number of anilines is 1. The fourth-order valence-electron chi connectivity index (χ4n) is 3.32. The van der Waals surface area contributed by atoms with E-state index in [4.69, 9.17) is 0 Å². The molecular formula is C20H19FN4O2. The number of aromatic nitrogens is 2. The predicted octanol–water partition coefficient (Wildman–Crippen LogP) is 3.35. The van der Waals surface area contributed by atoms with Crippen LogP contribution in [-0.4, -0.2) is 39.2 Å². The second kappa shape index (κ2) is 7.19. The van der Waals surface area contributed by atoms with Crippen molar-refractivity contribution in [2.75, 3.05) is 18.4 Å². The highest BCUT2D eigenvalue weighted by atomic mass is 19.1. The number of piperidine rings is 1. The first-order valence-electron chi connectivity index (χ1n) is 8.97. The number of amides is 2. The van der Waals surface area contributed by atoms with Gasteiger partial charge in [0.2, 0.25) is 5.82 Å². The van der Waals surface area contributed by atoms with E-state index in [1.807, 2.05) is 0 Å². The molecule has 0 saturated carbocycles. The Morgan fingerprint density at radius 2 is 1.74 bits per heavy atom. The van der Waals surface area contributed by atoms with Crippen LogP contribution in [-0.2, 0) is 0 Å². The van der Waals surface area contributed by atoms with Crippen LogP contribution < -0.4 is 5.32 Å². The Balaban J connectivity index is 1.67. The van der Waals surface area contributed by atoms with Crippen LogP contribution in [0.3, 0.4) is 0 Å². The Morgan fingerprint density at radius 3 is 2.48 bits per heavy atom. The van der Waals surface area contributed by atoms with Crippen molar-refractivity contribution < 1.29 is 14.0 Å². The first-order chi connectivity index (χ1) is 13.1. The van der Waals surface area contributed by atoms with E-state index in [0.717, 1.165) is 19.3 Å². The zero-order valence-corrected chi connectivity index (χ0v) is 14.7. The maximum absolute atomic E-state index is 13.1. The summed E-state index contributed by atoms with van der Waals surface area (Å²) in [6.45, 7) is 1.41. The highest BCUT2D eigenvalue weighted by Crippen LogP contribution is 2.19. The molecule has 0 spiro atoms. The SMILES string of the molecule is O=C(Nc1ccc(F)cc1)c1nc(C(=O)N2CCCCC2)n2ccccc12. The third-order valence-corrected chi connectivity index (χ3v) is 4.70. The average Bonchev–Trinajstić information content (AvgIpc) is 3.10. The zero-order chi connectivity index (χ0) is 18.8. The van der Waals surface area contributed by atoms with Gasteiger partial charge >= 0.3 is 0 Å². The van der Waals surface area contributed by atoms with Crippen LogP contribution in [0.4, 0.5) is 10.1 Å². The van der Waals surface area contributed by atoms with Gasteiger partial charge in [-0.05, 0) is 55.7 Å². The summed E-state index contributed by atoms with van der Waals surface area (Å²) in [6, 6.07) is 10.8. The smallest absolute Gasteiger partial charge is 0.290 e. The minimum Gasteiger partial charge on any atom is -0.336 e. The van der Waals surface area contributed by atoms with Crippen molar-refractivity contribution in [3.8, 4) is 0 Å². The third-order valence-electron chi connectivity index (χ3n) is 4.70. The van der Waals surface area contributed by atoms with E-state index in [0.29, 0.717) is 24.3 Å². The van der Waals surface area contributed by atoms with E-state index in [2.05, 4.69) is 10.3 Å². The fraction of sp³-hybridized carbons (Fsp3) is 0.250. The normalized spacial score (nSPS) is 14.3. The molecule has 6 nitrogen and oxygen atoms in total. The molecule has 4 rings (SSSR count). The number of pyridine rings is 1. The van der Waals surface area contributed by atoms with Crippen LogP contribution in [0, 0.1) is 5.82 Å². The molecule has 1 N–H and O–H groups in total. The number of likely N-dealkylation sites (tertiary alicyclic amines) is 1. The summed E-state index contributed by atoms with van der Waals surface area (Å²) in [7, 11) is 0. The standard InChI is InChI=1S/C20H19FN4O2/c21-14-7-9-15(10-8-14)22-19(26)17-16-6-2-5-13-25(16)18(23-17)20(27)24-11-3-1-4-12-24/h2,5-10,13H,1,3-4,11-12H2,(H,22,26). The van der Waals surface area contributed by atoms with E-state index in [1.165, 1.54) is 24.3 Å². The van der Waals surface area contributed by atoms with Crippen LogP contribution in [0.1, 0.15) is 40.4 Å². The number of imidazole rings is 1. The molecule has 7 heteroatoms. The molecular weight excluding hydrogens is 347 g/mol. The van der Waals surface area contributed by atoms with E-state index in [9.17, 15) is 14.0 Å². The van der Waals surface area contributed by atoms with Crippen molar-refractivity contribution in [1.29, 1.82) is 0 Å². The monoisotopic (exact) mass is 366 g/mol. The number of carbonyl (C=O) groups is 2. The molecule has 0 aliphatic carbocycles. The lowest BCUT2D eigenvalue weighted by molar-refractivity contribution is 0.0711. The average molecular weight is 366 g/mol. The first-order valence-corrected chi connectivity index (χ1v) is 8.97. The number of halogens is 1. The molecule has 1 aromatic carbocycles. The summed E-state index contributed by atoms with van der Waals surface area (Å²) in [5, 5.41) is 2.70. The van der Waals surface area contributed by atoms with Gasteiger partial charge in [0.15, 0.2) is 5.69 Å². The van der Waals surface area contributed by atoms with Crippen molar-refractivity contribution >= 4 is 23.0 Å². The molecule has 0 unspecified atom stereocenters. The summed E-state index contributed by atoms with van der Waals surface area (Å²) in [5.74, 6) is -0.758. The molecule has 0 radical (unpaired) electrons. The lowest BCUT2D eigenvalue weighted by Crippen LogP contribution is -2.36. The second-order valence-corrected chi connectivity index (χ2v) is 6.55. The van der Waals surface area contributed by atoms with Crippen molar-refractivity contribution in [3.05, 3.63) is 66.0 Å². The Labute approximate surface area is 155 Å². The van der Waals surface area contributed by atoms with Gasteiger partial charge in [0.1, 0.15) is 5.82 Å². The molecule has 138 valence electrons. The lowest BCUT2D eigenvalue weighted by atomic mass is 10.1.